The first-order valence-corrected chi connectivity index (χ1v) is 12.6. The van der Waals surface area contributed by atoms with Gasteiger partial charge in [0.1, 0.15) is 0 Å². The first-order valence-electron chi connectivity index (χ1n) is 10.2. The third kappa shape index (κ3) is 5.25. The van der Waals surface area contributed by atoms with Crippen molar-refractivity contribution in [1.29, 1.82) is 0 Å². The Morgan fingerprint density at radius 2 is 1.37 bits per heavy atom. The molecular formula is C27H23Br3. The van der Waals surface area contributed by atoms with Gasteiger partial charge in [-0.25, -0.2) is 0 Å². The molecule has 0 spiro atoms. The van der Waals surface area contributed by atoms with E-state index in [1.807, 2.05) is 0 Å². The molecule has 2 atom stereocenters. The summed E-state index contributed by atoms with van der Waals surface area (Å²) < 4.78 is 3.37. The highest BCUT2D eigenvalue weighted by molar-refractivity contribution is 9.11. The van der Waals surface area contributed by atoms with Crippen LogP contribution in [0.25, 0.3) is 11.1 Å². The maximum Gasteiger partial charge on any atom is 0.0181 e. The Labute approximate surface area is 204 Å². The van der Waals surface area contributed by atoms with Crippen LogP contribution in [0.15, 0.2) is 98.4 Å². The van der Waals surface area contributed by atoms with Crippen molar-refractivity contribution >= 4 is 58.9 Å². The van der Waals surface area contributed by atoms with Gasteiger partial charge < -0.3 is 0 Å². The lowest BCUT2D eigenvalue weighted by Gasteiger charge is -2.25. The summed E-state index contributed by atoms with van der Waals surface area (Å²) in [5.74, 6) is 0.764. The van der Waals surface area contributed by atoms with Gasteiger partial charge in [-0.3, -0.25) is 0 Å². The summed E-state index contributed by atoms with van der Waals surface area (Å²) in [5, 5.41) is 0. The van der Waals surface area contributed by atoms with Crippen LogP contribution >= 0.6 is 47.8 Å². The highest BCUT2D eigenvalue weighted by Gasteiger charge is 2.20. The molecular weight excluding hydrogens is 564 g/mol. The highest BCUT2D eigenvalue weighted by Crippen LogP contribution is 2.40. The smallest absolute Gasteiger partial charge is 0.0181 e. The normalized spacial score (nSPS) is 22.9. The summed E-state index contributed by atoms with van der Waals surface area (Å²) in [6.45, 7) is 2.34. The van der Waals surface area contributed by atoms with Gasteiger partial charge in [0.2, 0.25) is 0 Å². The molecule has 3 aromatic rings. The van der Waals surface area contributed by atoms with Gasteiger partial charge in [-0.2, -0.15) is 0 Å². The third-order valence-corrected chi connectivity index (χ3v) is 7.24. The second-order valence-electron chi connectivity index (χ2n) is 7.87. The van der Waals surface area contributed by atoms with E-state index in [1.54, 1.807) is 0 Å². The SMILES string of the molecule is CC1C/C=C(\c2cccc(Br)c2)CC(c2ccc(Br)cc2)/C=C\1c1cccc(Br)c1. The van der Waals surface area contributed by atoms with E-state index in [2.05, 4.69) is 140 Å². The topological polar surface area (TPSA) is 0 Å². The predicted molar refractivity (Wildman–Crippen MR) is 140 cm³/mol. The predicted octanol–water partition coefficient (Wildman–Crippen LogP) is 9.65. The minimum Gasteiger partial charge on any atom is -0.0801 e. The van der Waals surface area contributed by atoms with Crippen LogP contribution in [-0.4, -0.2) is 0 Å². The largest absolute Gasteiger partial charge is 0.0801 e. The van der Waals surface area contributed by atoms with Crippen molar-refractivity contribution in [3.63, 3.8) is 0 Å². The fourth-order valence-corrected chi connectivity index (χ4v) is 5.17. The van der Waals surface area contributed by atoms with Crippen LogP contribution in [0.2, 0.25) is 0 Å². The van der Waals surface area contributed by atoms with E-state index in [0.717, 1.165) is 26.3 Å². The van der Waals surface area contributed by atoms with Crippen molar-refractivity contribution in [3.05, 3.63) is 115 Å². The van der Waals surface area contributed by atoms with Crippen LogP contribution in [0.3, 0.4) is 0 Å². The summed E-state index contributed by atoms with van der Waals surface area (Å²) in [6, 6.07) is 26.1. The molecule has 0 heterocycles. The van der Waals surface area contributed by atoms with E-state index >= 15 is 0 Å². The Balaban J connectivity index is 1.79. The van der Waals surface area contributed by atoms with Crippen molar-refractivity contribution in [2.45, 2.75) is 25.7 Å². The molecule has 3 aromatic carbocycles. The average Bonchev–Trinajstić information content (AvgIpc) is 2.72. The zero-order chi connectivity index (χ0) is 21.1. The summed E-state index contributed by atoms with van der Waals surface area (Å²) in [7, 11) is 0. The van der Waals surface area contributed by atoms with E-state index < -0.39 is 0 Å². The van der Waals surface area contributed by atoms with Crippen LogP contribution in [0.1, 0.15) is 42.4 Å². The van der Waals surface area contributed by atoms with Crippen molar-refractivity contribution in [1.82, 2.24) is 0 Å². The zero-order valence-corrected chi connectivity index (χ0v) is 21.5. The number of hydrogen-bond donors (Lipinski definition) is 0. The van der Waals surface area contributed by atoms with E-state index in [0.29, 0.717) is 11.8 Å². The lowest BCUT2D eigenvalue weighted by molar-refractivity contribution is 0.740. The molecule has 0 nitrogen and oxygen atoms in total. The summed E-state index contributed by atoms with van der Waals surface area (Å²) in [5.41, 5.74) is 6.80. The zero-order valence-electron chi connectivity index (χ0n) is 16.8. The quantitative estimate of drug-likeness (QED) is 0.286. The Morgan fingerprint density at radius 1 is 0.733 bits per heavy atom. The van der Waals surface area contributed by atoms with Crippen LogP contribution in [0.5, 0.6) is 0 Å². The molecule has 1 aliphatic rings. The maximum atomic E-state index is 3.65. The molecule has 0 radical (unpaired) electrons. The summed E-state index contributed by atoms with van der Waals surface area (Å²) in [4.78, 5) is 0. The molecule has 0 aromatic heterocycles. The molecule has 0 saturated heterocycles. The molecule has 0 bridgehead atoms. The summed E-state index contributed by atoms with van der Waals surface area (Å²) >= 11 is 10.9. The minimum atomic E-state index is 0.320. The van der Waals surface area contributed by atoms with E-state index in [4.69, 9.17) is 0 Å². The number of rotatable bonds is 3. The van der Waals surface area contributed by atoms with Gasteiger partial charge in [0, 0.05) is 19.3 Å². The van der Waals surface area contributed by atoms with Gasteiger partial charge >= 0.3 is 0 Å². The first kappa shape index (κ1) is 21.8. The fraction of sp³-hybridized carbons (Fsp3) is 0.185. The molecule has 0 amide bonds. The van der Waals surface area contributed by atoms with Crippen molar-refractivity contribution in [2.24, 2.45) is 5.92 Å². The molecule has 0 aliphatic heterocycles. The Bertz CT molecular complexity index is 1090. The van der Waals surface area contributed by atoms with E-state index in [1.165, 1.54) is 27.8 Å². The molecule has 4 rings (SSSR count). The monoisotopic (exact) mass is 584 g/mol. The lowest BCUT2D eigenvalue weighted by Crippen LogP contribution is -2.07. The van der Waals surface area contributed by atoms with E-state index in [-0.39, 0.29) is 0 Å². The number of halogens is 3. The second-order valence-corrected chi connectivity index (χ2v) is 10.6. The molecule has 30 heavy (non-hydrogen) atoms. The highest BCUT2D eigenvalue weighted by atomic mass is 79.9. The molecule has 0 N–H and O–H groups in total. The van der Waals surface area contributed by atoms with Gasteiger partial charge in [0.15, 0.2) is 0 Å². The molecule has 1 aliphatic carbocycles. The minimum absolute atomic E-state index is 0.320. The number of benzene rings is 3. The summed E-state index contributed by atoms with van der Waals surface area (Å²) in [6.07, 6.45) is 6.97. The molecule has 3 heteroatoms. The molecule has 0 saturated carbocycles. The Hall–Kier alpha value is -1.42. The fourth-order valence-electron chi connectivity index (χ4n) is 4.10. The van der Waals surface area contributed by atoms with Crippen LogP contribution in [0, 0.1) is 5.92 Å². The molecule has 0 fully saturated rings. The molecule has 152 valence electrons. The Morgan fingerprint density at radius 3 is 2.03 bits per heavy atom. The van der Waals surface area contributed by atoms with Crippen LogP contribution < -0.4 is 0 Å². The van der Waals surface area contributed by atoms with Gasteiger partial charge in [-0.15, -0.1) is 0 Å². The Kier molecular flexibility index (Phi) is 7.12. The van der Waals surface area contributed by atoms with Crippen molar-refractivity contribution in [3.8, 4) is 0 Å². The van der Waals surface area contributed by atoms with E-state index in [9.17, 15) is 0 Å². The lowest BCUT2D eigenvalue weighted by atomic mass is 9.80. The average molecular weight is 587 g/mol. The van der Waals surface area contributed by atoms with Gasteiger partial charge in [-0.1, -0.05) is 103 Å². The van der Waals surface area contributed by atoms with Crippen LogP contribution in [0.4, 0.5) is 0 Å². The van der Waals surface area contributed by atoms with Crippen molar-refractivity contribution < 1.29 is 0 Å². The maximum absolute atomic E-state index is 3.65. The molecule has 2 unspecified atom stereocenters. The van der Waals surface area contributed by atoms with Crippen LogP contribution in [-0.2, 0) is 0 Å². The van der Waals surface area contributed by atoms with Gasteiger partial charge in [0.25, 0.3) is 0 Å². The third-order valence-electron chi connectivity index (χ3n) is 5.72. The standard InChI is InChI=1S/C27H23Br3/c1-18-8-9-21(20-4-2-6-25(29)15-20)14-23(19-10-12-24(28)13-11-19)17-27(18)22-5-3-7-26(30)16-22/h2-7,9-13,15-18,23H,8,14H2,1H3/b21-9-,27-17+. The number of allylic oxidation sites excluding steroid dienone is 4. The van der Waals surface area contributed by atoms with Gasteiger partial charge in [-0.05, 0) is 83.0 Å². The van der Waals surface area contributed by atoms with Crippen molar-refractivity contribution in [2.75, 3.05) is 0 Å². The second kappa shape index (κ2) is 9.80. The van der Waals surface area contributed by atoms with Gasteiger partial charge in [0.05, 0.1) is 0 Å². The number of hydrogen-bond acceptors (Lipinski definition) is 0. The first-order chi connectivity index (χ1) is 14.5.